The highest BCUT2D eigenvalue weighted by Gasteiger charge is 2.13. The van der Waals surface area contributed by atoms with E-state index in [1.807, 2.05) is 0 Å². The Bertz CT molecular complexity index is 309. The first-order valence-electron chi connectivity index (χ1n) is 3.97. The first-order chi connectivity index (χ1) is 6.15. The van der Waals surface area contributed by atoms with Gasteiger partial charge < -0.3 is 5.11 Å². The molecule has 0 aromatic carbocycles. The number of carboxylic acid groups (broad SMARTS) is 1. The smallest absolute Gasteiger partial charge is 0.339 e. The molecule has 0 saturated carbocycles. The van der Waals surface area contributed by atoms with E-state index in [1.54, 1.807) is 7.05 Å². The maximum atomic E-state index is 10.7. The number of hydrogen-bond donors (Lipinski definition) is 1. The molecule has 0 fully saturated rings. The molecule has 0 aliphatic heterocycles. The van der Waals surface area contributed by atoms with Gasteiger partial charge in [-0.2, -0.15) is 5.10 Å². The maximum Gasteiger partial charge on any atom is 0.339 e. The molecule has 0 saturated heterocycles. The molecule has 0 unspecified atom stereocenters. The van der Waals surface area contributed by atoms with E-state index in [0.29, 0.717) is 18.0 Å². The Morgan fingerprint density at radius 1 is 1.77 bits per heavy atom. The van der Waals surface area contributed by atoms with E-state index < -0.39 is 5.97 Å². The molecular formula is C8H11ClN2O2. The van der Waals surface area contributed by atoms with E-state index in [9.17, 15) is 4.79 Å². The van der Waals surface area contributed by atoms with E-state index in [2.05, 4.69) is 5.10 Å². The summed E-state index contributed by atoms with van der Waals surface area (Å²) in [5, 5.41) is 12.8. The molecule has 0 aliphatic carbocycles. The summed E-state index contributed by atoms with van der Waals surface area (Å²) in [6.45, 7) is 0. The van der Waals surface area contributed by atoms with Crippen molar-refractivity contribution in [3.8, 4) is 0 Å². The number of carboxylic acids is 1. The summed E-state index contributed by atoms with van der Waals surface area (Å²) in [5.41, 5.74) is 0.878. The molecule has 72 valence electrons. The number of carbonyl (C=O) groups is 1. The van der Waals surface area contributed by atoms with E-state index >= 15 is 0 Å². The summed E-state index contributed by atoms with van der Waals surface area (Å²) in [7, 11) is 1.70. The summed E-state index contributed by atoms with van der Waals surface area (Å²) in [5.74, 6) is -0.409. The van der Waals surface area contributed by atoms with Crippen LogP contribution in [0, 0.1) is 0 Å². The molecule has 0 bridgehead atoms. The van der Waals surface area contributed by atoms with Crippen LogP contribution in [0.3, 0.4) is 0 Å². The molecule has 4 nitrogen and oxygen atoms in total. The number of halogens is 1. The zero-order chi connectivity index (χ0) is 9.84. The molecule has 5 heteroatoms. The van der Waals surface area contributed by atoms with Crippen molar-refractivity contribution in [2.24, 2.45) is 7.05 Å². The number of alkyl halides is 1. The van der Waals surface area contributed by atoms with Crippen LogP contribution in [0.25, 0.3) is 0 Å². The van der Waals surface area contributed by atoms with Gasteiger partial charge in [0, 0.05) is 19.1 Å². The Kier molecular flexibility index (Phi) is 3.31. The lowest BCUT2D eigenvalue weighted by Crippen LogP contribution is -2.00. The van der Waals surface area contributed by atoms with Crippen LogP contribution in [0.1, 0.15) is 22.5 Å². The van der Waals surface area contributed by atoms with Crippen molar-refractivity contribution in [2.45, 2.75) is 12.8 Å². The Morgan fingerprint density at radius 3 is 3.00 bits per heavy atom. The molecule has 1 heterocycles. The number of aromatic carboxylic acids is 1. The third kappa shape index (κ3) is 2.45. The van der Waals surface area contributed by atoms with Crippen LogP contribution in [-0.2, 0) is 13.5 Å². The Balaban J connectivity index is 2.84. The molecule has 1 aromatic rings. The Morgan fingerprint density at radius 2 is 2.46 bits per heavy atom. The molecule has 13 heavy (non-hydrogen) atoms. The summed E-state index contributed by atoms with van der Waals surface area (Å²) in [6, 6.07) is 0. The van der Waals surface area contributed by atoms with Gasteiger partial charge in [-0.1, -0.05) is 0 Å². The number of nitrogens with zero attached hydrogens (tertiary/aromatic N) is 2. The molecule has 1 N–H and O–H groups in total. The van der Waals surface area contributed by atoms with Crippen LogP contribution in [0.4, 0.5) is 0 Å². The zero-order valence-electron chi connectivity index (χ0n) is 7.33. The van der Waals surface area contributed by atoms with Gasteiger partial charge in [0.05, 0.1) is 5.69 Å². The van der Waals surface area contributed by atoms with Crippen molar-refractivity contribution in [1.82, 2.24) is 9.78 Å². The molecule has 0 aliphatic rings. The van der Waals surface area contributed by atoms with Gasteiger partial charge in [-0.3, -0.25) is 4.68 Å². The third-order valence-corrected chi connectivity index (χ3v) is 1.95. The molecule has 0 atom stereocenters. The van der Waals surface area contributed by atoms with Crippen molar-refractivity contribution < 1.29 is 9.90 Å². The highest BCUT2D eigenvalue weighted by molar-refractivity contribution is 6.17. The molecule has 0 amide bonds. The minimum atomic E-state index is -0.933. The second-order valence-corrected chi connectivity index (χ2v) is 3.14. The maximum absolute atomic E-state index is 10.7. The molecule has 1 rings (SSSR count). The van der Waals surface area contributed by atoms with Crippen LogP contribution in [0.2, 0.25) is 0 Å². The normalized spacial score (nSPS) is 10.3. The molecular weight excluding hydrogens is 192 g/mol. The van der Waals surface area contributed by atoms with Crippen LogP contribution in [-0.4, -0.2) is 26.7 Å². The molecule has 0 radical (unpaired) electrons. The van der Waals surface area contributed by atoms with Crippen LogP contribution in [0.5, 0.6) is 0 Å². The van der Waals surface area contributed by atoms with Gasteiger partial charge in [0.25, 0.3) is 0 Å². The monoisotopic (exact) mass is 202 g/mol. The minimum Gasteiger partial charge on any atom is -0.478 e. The standard InChI is InChI=1S/C8H11ClN2O2/c1-11-5-6(8(12)13)7(10-11)3-2-4-9/h5H,2-4H2,1H3,(H,12,13). The van der Waals surface area contributed by atoms with E-state index in [1.165, 1.54) is 10.9 Å². The topological polar surface area (TPSA) is 55.1 Å². The van der Waals surface area contributed by atoms with Crippen molar-refractivity contribution in [2.75, 3.05) is 5.88 Å². The summed E-state index contributed by atoms with van der Waals surface area (Å²) < 4.78 is 1.51. The van der Waals surface area contributed by atoms with Gasteiger partial charge in [-0.05, 0) is 12.8 Å². The lowest BCUT2D eigenvalue weighted by molar-refractivity contribution is 0.0695. The lowest BCUT2D eigenvalue weighted by atomic mass is 10.2. The number of aryl methyl sites for hydroxylation is 2. The van der Waals surface area contributed by atoms with Crippen molar-refractivity contribution in [1.29, 1.82) is 0 Å². The van der Waals surface area contributed by atoms with Crippen LogP contribution < -0.4 is 0 Å². The van der Waals surface area contributed by atoms with Gasteiger partial charge in [0.1, 0.15) is 5.56 Å². The number of hydrogen-bond acceptors (Lipinski definition) is 2. The first-order valence-corrected chi connectivity index (χ1v) is 4.50. The largest absolute Gasteiger partial charge is 0.478 e. The van der Waals surface area contributed by atoms with Crippen molar-refractivity contribution >= 4 is 17.6 Å². The van der Waals surface area contributed by atoms with Gasteiger partial charge in [0.15, 0.2) is 0 Å². The average Bonchev–Trinajstić information content (AvgIpc) is 2.43. The summed E-state index contributed by atoms with van der Waals surface area (Å²) in [6.07, 6.45) is 2.87. The fourth-order valence-electron chi connectivity index (χ4n) is 1.13. The van der Waals surface area contributed by atoms with E-state index in [4.69, 9.17) is 16.7 Å². The minimum absolute atomic E-state index is 0.271. The molecule has 0 spiro atoms. The van der Waals surface area contributed by atoms with Crippen LogP contribution >= 0.6 is 11.6 Å². The fraction of sp³-hybridized carbons (Fsp3) is 0.500. The van der Waals surface area contributed by atoms with Crippen LogP contribution in [0.15, 0.2) is 6.20 Å². The second kappa shape index (κ2) is 4.28. The van der Waals surface area contributed by atoms with E-state index in [-0.39, 0.29) is 5.56 Å². The summed E-state index contributed by atoms with van der Waals surface area (Å²) >= 11 is 5.51. The van der Waals surface area contributed by atoms with Gasteiger partial charge in [-0.25, -0.2) is 4.79 Å². The molecule has 1 aromatic heterocycles. The number of aromatic nitrogens is 2. The Labute approximate surface area is 81.1 Å². The lowest BCUT2D eigenvalue weighted by Gasteiger charge is -1.94. The van der Waals surface area contributed by atoms with Gasteiger partial charge in [0.2, 0.25) is 0 Å². The zero-order valence-corrected chi connectivity index (χ0v) is 8.08. The predicted octanol–water partition coefficient (Wildman–Crippen LogP) is 1.29. The number of rotatable bonds is 4. The SMILES string of the molecule is Cn1cc(C(=O)O)c(CCCCl)n1. The van der Waals surface area contributed by atoms with Crippen molar-refractivity contribution in [3.05, 3.63) is 17.5 Å². The summed E-state index contributed by atoms with van der Waals surface area (Å²) in [4.78, 5) is 10.7. The third-order valence-electron chi connectivity index (χ3n) is 1.68. The van der Waals surface area contributed by atoms with Gasteiger partial charge >= 0.3 is 5.97 Å². The van der Waals surface area contributed by atoms with Crippen molar-refractivity contribution in [3.63, 3.8) is 0 Å². The Hall–Kier alpha value is -1.03. The van der Waals surface area contributed by atoms with Gasteiger partial charge in [-0.15, -0.1) is 11.6 Å². The van der Waals surface area contributed by atoms with E-state index in [0.717, 1.165) is 6.42 Å². The first kappa shape index (κ1) is 10.1. The predicted molar refractivity (Wildman–Crippen MR) is 49.2 cm³/mol. The quantitative estimate of drug-likeness (QED) is 0.749. The highest BCUT2D eigenvalue weighted by Crippen LogP contribution is 2.09. The highest BCUT2D eigenvalue weighted by atomic mass is 35.5. The second-order valence-electron chi connectivity index (χ2n) is 2.76. The average molecular weight is 203 g/mol. The fourth-order valence-corrected chi connectivity index (χ4v) is 1.27.